The Bertz CT molecular complexity index is 406. The van der Waals surface area contributed by atoms with E-state index in [-0.39, 0.29) is 5.91 Å². The van der Waals surface area contributed by atoms with Crippen LogP contribution in [0.5, 0.6) is 0 Å². The lowest BCUT2D eigenvalue weighted by Crippen LogP contribution is -2.39. The molecule has 1 aliphatic carbocycles. The van der Waals surface area contributed by atoms with Gasteiger partial charge < -0.3 is 4.90 Å². The predicted octanol–water partition coefficient (Wildman–Crippen LogP) is 1.88. The summed E-state index contributed by atoms with van der Waals surface area (Å²) < 4.78 is 0. The lowest BCUT2D eigenvalue weighted by atomic mass is 9.85. The Morgan fingerprint density at radius 3 is 2.94 bits per heavy atom. The van der Waals surface area contributed by atoms with Crippen molar-refractivity contribution in [2.75, 3.05) is 6.54 Å². The Morgan fingerprint density at radius 1 is 1.24 bits per heavy atom. The smallest absolute Gasteiger partial charge is 0.274 e. The summed E-state index contributed by atoms with van der Waals surface area (Å²) in [6.07, 6.45) is 11.0. The zero-order valence-electron chi connectivity index (χ0n) is 9.88. The Labute approximate surface area is 101 Å². The zero-order chi connectivity index (χ0) is 11.7. The van der Waals surface area contributed by atoms with Crippen molar-refractivity contribution < 1.29 is 4.79 Å². The maximum absolute atomic E-state index is 12.3. The molecule has 0 radical (unpaired) electrons. The standard InChI is InChI=1S/C13H17N3O/c17-13(11-9-14-6-7-15-11)16-8-5-10-3-1-2-4-12(10)16/h6-7,9-10,12H,1-5,8H2. The molecule has 2 fully saturated rings. The number of aromatic nitrogens is 2. The number of likely N-dealkylation sites (tertiary alicyclic amines) is 1. The summed E-state index contributed by atoms with van der Waals surface area (Å²) in [6, 6.07) is 0.457. The van der Waals surface area contributed by atoms with Gasteiger partial charge in [0.25, 0.3) is 5.91 Å². The van der Waals surface area contributed by atoms with Gasteiger partial charge in [-0.3, -0.25) is 9.78 Å². The van der Waals surface area contributed by atoms with Crippen LogP contribution in [-0.4, -0.2) is 33.4 Å². The second-order valence-electron chi connectivity index (χ2n) is 4.99. The van der Waals surface area contributed by atoms with Gasteiger partial charge in [0.1, 0.15) is 5.69 Å². The minimum atomic E-state index is 0.0625. The van der Waals surface area contributed by atoms with Gasteiger partial charge in [0.2, 0.25) is 0 Å². The number of fused-ring (bicyclic) bond motifs is 1. The predicted molar refractivity (Wildman–Crippen MR) is 63.4 cm³/mol. The van der Waals surface area contributed by atoms with Gasteiger partial charge in [0.15, 0.2) is 0 Å². The van der Waals surface area contributed by atoms with Crippen molar-refractivity contribution in [3.8, 4) is 0 Å². The van der Waals surface area contributed by atoms with E-state index in [0.717, 1.165) is 25.3 Å². The van der Waals surface area contributed by atoms with Crippen LogP contribution in [0.3, 0.4) is 0 Å². The summed E-state index contributed by atoms with van der Waals surface area (Å²) in [4.78, 5) is 22.4. The third-order valence-corrected chi connectivity index (χ3v) is 4.05. The summed E-state index contributed by atoms with van der Waals surface area (Å²) in [7, 11) is 0. The molecule has 0 N–H and O–H groups in total. The van der Waals surface area contributed by atoms with Crippen LogP contribution >= 0.6 is 0 Å². The average molecular weight is 231 g/mol. The van der Waals surface area contributed by atoms with Gasteiger partial charge in [-0.25, -0.2) is 4.98 Å². The molecule has 2 aliphatic rings. The van der Waals surface area contributed by atoms with E-state index in [9.17, 15) is 4.79 Å². The summed E-state index contributed by atoms with van der Waals surface area (Å²) in [5.74, 6) is 0.789. The lowest BCUT2D eigenvalue weighted by molar-refractivity contribution is 0.0683. The molecule has 0 spiro atoms. The highest BCUT2D eigenvalue weighted by Crippen LogP contribution is 2.36. The molecule has 90 valence electrons. The third-order valence-electron chi connectivity index (χ3n) is 4.05. The van der Waals surface area contributed by atoms with Gasteiger partial charge in [0, 0.05) is 25.0 Å². The van der Waals surface area contributed by atoms with Gasteiger partial charge in [0.05, 0.1) is 6.20 Å². The SMILES string of the molecule is O=C(c1cnccn1)N1CCC2CCCCC21. The maximum Gasteiger partial charge on any atom is 0.274 e. The van der Waals surface area contributed by atoms with Crippen molar-refractivity contribution in [2.24, 2.45) is 5.92 Å². The molecule has 1 saturated heterocycles. The van der Waals surface area contributed by atoms with Crippen LogP contribution in [0.15, 0.2) is 18.6 Å². The van der Waals surface area contributed by atoms with E-state index in [2.05, 4.69) is 9.97 Å². The van der Waals surface area contributed by atoms with Gasteiger partial charge in [-0.05, 0) is 25.2 Å². The normalized spacial score (nSPS) is 27.9. The summed E-state index contributed by atoms with van der Waals surface area (Å²) in [5, 5.41) is 0. The molecular formula is C13H17N3O. The van der Waals surface area contributed by atoms with Crippen molar-refractivity contribution in [3.63, 3.8) is 0 Å². The molecule has 1 saturated carbocycles. The van der Waals surface area contributed by atoms with Gasteiger partial charge >= 0.3 is 0 Å². The number of nitrogens with zero attached hydrogens (tertiary/aromatic N) is 3. The van der Waals surface area contributed by atoms with Crippen molar-refractivity contribution in [3.05, 3.63) is 24.3 Å². The fourth-order valence-electron chi connectivity index (χ4n) is 3.21. The maximum atomic E-state index is 12.3. The Balaban J connectivity index is 1.79. The molecule has 2 heterocycles. The van der Waals surface area contributed by atoms with Crippen LogP contribution in [0.2, 0.25) is 0 Å². The first-order chi connectivity index (χ1) is 8.36. The molecule has 0 bridgehead atoms. The first-order valence-electron chi connectivity index (χ1n) is 6.43. The first-order valence-corrected chi connectivity index (χ1v) is 6.43. The lowest BCUT2D eigenvalue weighted by Gasteiger charge is -2.31. The molecule has 1 amide bonds. The number of carbonyl (C=O) groups is 1. The molecule has 2 atom stereocenters. The van der Waals surface area contributed by atoms with Gasteiger partial charge in [-0.1, -0.05) is 12.8 Å². The van der Waals surface area contributed by atoms with Crippen LogP contribution in [0.25, 0.3) is 0 Å². The van der Waals surface area contributed by atoms with E-state index >= 15 is 0 Å². The molecule has 1 aliphatic heterocycles. The van der Waals surface area contributed by atoms with E-state index in [4.69, 9.17) is 0 Å². The molecule has 1 aromatic rings. The fourth-order valence-corrected chi connectivity index (χ4v) is 3.21. The minimum Gasteiger partial charge on any atom is -0.334 e. The Kier molecular flexibility index (Phi) is 2.79. The molecule has 2 unspecified atom stereocenters. The van der Waals surface area contributed by atoms with E-state index in [0.29, 0.717) is 11.7 Å². The number of hydrogen-bond donors (Lipinski definition) is 0. The number of hydrogen-bond acceptors (Lipinski definition) is 3. The van der Waals surface area contributed by atoms with Gasteiger partial charge in [-0.2, -0.15) is 0 Å². The highest BCUT2D eigenvalue weighted by molar-refractivity contribution is 5.92. The molecular weight excluding hydrogens is 214 g/mol. The van der Waals surface area contributed by atoms with Crippen LogP contribution in [0.1, 0.15) is 42.6 Å². The first kappa shape index (κ1) is 10.7. The molecule has 17 heavy (non-hydrogen) atoms. The summed E-state index contributed by atoms with van der Waals surface area (Å²) in [6.45, 7) is 0.894. The van der Waals surface area contributed by atoms with Crippen LogP contribution in [-0.2, 0) is 0 Å². The average Bonchev–Trinajstić information content (AvgIpc) is 2.83. The van der Waals surface area contributed by atoms with Crippen LogP contribution < -0.4 is 0 Å². The summed E-state index contributed by atoms with van der Waals surface area (Å²) >= 11 is 0. The molecule has 4 nitrogen and oxygen atoms in total. The fraction of sp³-hybridized carbons (Fsp3) is 0.615. The second-order valence-corrected chi connectivity index (χ2v) is 4.99. The third kappa shape index (κ3) is 1.92. The highest BCUT2D eigenvalue weighted by Gasteiger charge is 2.38. The van der Waals surface area contributed by atoms with E-state index < -0.39 is 0 Å². The van der Waals surface area contributed by atoms with Crippen molar-refractivity contribution >= 4 is 5.91 Å². The summed E-state index contributed by atoms with van der Waals surface area (Å²) in [5.41, 5.74) is 0.485. The highest BCUT2D eigenvalue weighted by atomic mass is 16.2. The Morgan fingerprint density at radius 2 is 2.12 bits per heavy atom. The monoisotopic (exact) mass is 231 g/mol. The number of amides is 1. The number of rotatable bonds is 1. The molecule has 1 aromatic heterocycles. The number of carbonyl (C=O) groups excluding carboxylic acids is 1. The minimum absolute atomic E-state index is 0.0625. The Hall–Kier alpha value is -1.45. The molecule has 0 aromatic carbocycles. The van der Waals surface area contributed by atoms with Crippen LogP contribution in [0.4, 0.5) is 0 Å². The van der Waals surface area contributed by atoms with E-state index in [1.54, 1.807) is 18.6 Å². The van der Waals surface area contributed by atoms with E-state index in [1.165, 1.54) is 19.3 Å². The van der Waals surface area contributed by atoms with Crippen molar-refractivity contribution in [1.82, 2.24) is 14.9 Å². The topological polar surface area (TPSA) is 46.1 Å². The van der Waals surface area contributed by atoms with Crippen LogP contribution in [0, 0.1) is 5.92 Å². The van der Waals surface area contributed by atoms with Gasteiger partial charge in [-0.15, -0.1) is 0 Å². The second kappa shape index (κ2) is 4.43. The van der Waals surface area contributed by atoms with Crippen molar-refractivity contribution in [2.45, 2.75) is 38.1 Å². The quantitative estimate of drug-likeness (QED) is 0.741. The molecule has 3 rings (SSSR count). The molecule has 4 heteroatoms. The van der Waals surface area contributed by atoms with Crippen molar-refractivity contribution in [1.29, 1.82) is 0 Å². The van der Waals surface area contributed by atoms with E-state index in [1.807, 2.05) is 4.90 Å². The largest absolute Gasteiger partial charge is 0.334 e. The zero-order valence-corrected chi connectivity index (χ0v) is 9.88.